The number of nitrogens with zero attached hydrogens (tertiary/aromatic N) is 4. The molecule has 7 nitrogen and oxygen atoms in total. The minimum atomic E-state index is -0.154. The maximum atomic E-state index is 12.4. The molecule has 0 radical (unpaired) electrons. The fraction of sp³-hybridized carbons (Fsp3) is 0.526. The highest BCUT2D eigenvalue weighted by atomic mass is 16.5. The smallest absolute Gasteiger partial charge is 0.272 e. The van der Waals surface area contributed by atoms with Gasteiger partial charge in [0.15, 0.2) is 0 Å². The van der Waals surface area contributed by atoms with E-state index in [2.05, 4.69) is 21.9 Å². The molecule has 2 aliphatic heterocycles. The van der Waals surface area contributed by atoms with Crippen molar-refractivity contribution in [3.63, 3.8) is 0 Å². The van der Waals surface area contributed by atoms with E-state index in [1.165, 1.54) is 6.33 Å². The van der Waals surface area contributed by atoms with Crippen LogP contribution in [0.3, 0.4) is 0 Å². The molecule has 0 unspecified atom stereocenters. The Morgan fingerprint density at radius 1 is 1.42 bits per heavy atom. The van der Waals surface area contributed by atoms with Gasteiger partial charge in [0.25, 0.3) is 5.91 Å². The van der Waals surface area contributed by atoms with Crippen LogP contribution in [0.2, 0.25) is 0 Å². The van der Waals surface area contributed by atoms with Crippen LogP contribution in [-0.4, -0.2) is 64.6 Å². The number of hydrogen-bond donors (Lipinski definition) is 0. The van der Waals surface area contributed by atoms with Gasteiger partial charge in [0, 0.05) is 12.7 Å². The van der Waals surface area contributed by atoms with Crippen LogP contribution < -0.4 is 0 Å². The Hall–Kier alpha value is -2.25. The van der Waals surface area contributed by atoms with Crippen LogP contribution in [0.4, 0.5) is 0 Å². The Kier molecular flexibility index (Phi) is 4.74. The van der Waals surface area contributed by atoms with E-state index in [-0.39, 0.29) is 11.5 Å². The molecule has 2 saturated heterocycles. The Morgan fingerprint density at radius 2 is 2.31 bits per heavy atom. The lowest BCUT2D eigenvalue weighted by Crippen LogP contribution is -2.66. The third-order valence-corrected chi connectivity index (χ3v) is 5.26. The first kappa shape index (κ1) is 17.2. The first-order chi connectivity index (χ1) is 12.6. The van der Waals surface area contributed by atoms with Gasteiger partial charge in [-0.25, -0.2) is 9.97 Å². The monoisotopic (exact) mass is 356 g/mol. The molecular formula is C19H24N4O3. The fourth-order valence-corrected chi connectivity index (χ4v) is 3.86. The minimum absolute atomic E-state index is 0.0399. The molecule has 0 saturated carbocycles. The average Bonchev–Trinajstić information content (AvgIpc) is 3.13. The second-order valence-electron chi connectivity index (χ2n) is 7.43. The summed E-state index contributed by atoms with van der Waals surface area (Å²) in [7, 11) is 2.11. The molecule has 1 amide bonds. The van der Waals surface area contributed by atoms with E-state index in [0.29, 0.717) is 24.7 Å². The summed E-state index contributed by atoms with van der Waals surface area (Å²) in [6, 6.07) is 5.57. The molecule has 0 N–H and O–H groups in total. The molecule has 26 heavy (non-hydrogen) atoms. The normalized spacial score (nSPS) is 21.8. The van der Waals surface area contributed by atoms with Crippen molar-refractivity contribution < 1.29 is 13.9 Å². The van der Waals surface area contributed by atoms with Crippen molar-refractivity contribution in [2.24, 2.45) is 5.92 Å². The molecule has 1 atom stereocenters. The molecular weight excluding hydrogens is 332 g/mol. The molecule has 4 heterocycles. The zero-order valence-corrected chi connectivity index (χ0v) is 15.0. The molecule has 2 aromatic heterocycles. The van der Waals surface area contributed by atoms with Gasteiger partial charge in [-0.2, -0.15) is 0 Å². The van der Waals surface area contributed by atoms with Crippen LogP contribution in [0.5, 0.6) is 0 Å². The zero-order valence-electron chi connectivity index (χ0n) is 15.0. The van der Waals surface area contributed by atoms with Crippen molar-refractivity contribution in [2.45, 2.75) is 25.0 Å². The van der Waals surface area contributed by atoms with E-state index in [4.69, 9.17) is 9.15 Å². The molecule has 138 valence electrons. The van der Waals surface area contributed by atoms with E-state index < -0.39 is 0 Å². The maximum absolute atomic E-state index is 12.4. The average molecular weight is 356 g/mol. The number of carbonyl (C=O) groups is 1. The summed E-state index contributed by atoms with van der Waals surface area (Å²) in [4.78, 5) is 24.4. The van der Waals surface area contributed by atoms with Gasteiger partial charge in [0.05, 0.1) is 32.5 Å². The van der Waals surface area contributed by atoms with Gasteiger partial charge in [-0.1, -0.05) is 0 Å². The summed E-state index contributed by atoms with van der Waals surface area (Å²) < 4.78 is 11.6. The van der Waals surface area contributed by atoms with Crippen LogP contribution in [-0.2, 0) is 11.3 Å². The van der Waals surface area contributed by atoms with Crippen molar-refractivity contribution in [1.29, 1.82) is 0 Å². The molecule has 2 fully saturated rings. The molecule has 7 heteroatoms. The van der Waals surface area contributed by atoms with Crippen LogP contribution in [0, 0.1) is 5.92 Å². The number of aromatic nitrogens is 2. The number of rotatable bonds is 5. The predicted molar refractivity (Wildman–Crippen MR) is 94.4 cm³/mol. The third-order valence-electron chi connectivity index (χ3n) is 5.26. The van der Waals surface area contributed by atoms with Crippen molar-refractivity contribution in [1.82, 2.24) is 19.8 Å². The number of ether oxygens (including phenoxy) is 1. The lowest BCUT2D eigenvalue weighted by Gasteiger charge is -2.52. The second-order valence-corrected chi connectivity index (χ2v) is 7.43. The lowest BCUT2D eigenvalue weighted by molar-refractivity contribution is -0.168. The van der Waals surface area contributed by atoms with E-state index in [0.717, 1.165) is 38.3 Å². The molecule has 2 aliphatic rings. The van der Waals surface area contributed by atoms with E-state index >= 15 is 0 Å². The van der Waals surface area contributed by atoms with Crippen molar-refractivity contribution >= 4 is 5.91 Å². The Labute approximate surface area is 153 Å². The van der Waals surface area contributed by atoms with Crippen LogP contribution >= 0.6 is 0 Å². The molecule has 0 aliphatic carbocycles. The summed E-state index contributed by atoms with van der Waals surface area (Å²) in [5.74, 6) is 1.47. The molecule has 1 spiro atoms. The number of hydrogen-bond acceptors (Lipinski definition) is 6. The first-order valence-corrected chi connectivity index (χ1v) is 9.04. The summed E-state index contributed by atoms with van der Waals surface area (Å²) >= 11 is 0. The van der Waals surface area contributed by atoms with Crippen molar-refractivity contribution in [3.05, 3.63) is 48.4 Å². The van der Waals surface area contributed by atoms with Gasteiger partial charge in [0.2, 0.25) is 0 Å². The van der Waals surface area contributed by atoms with Gasteiger partial charge < -0.3 is 14.1 Å². The highest BCUT2D eigenvalue weighted by Crippen LogP contribution is 2.36. The van der Waals surface area contributed by atoms with Gasteiger partial charge in [-0.15, -0.1) is 0 Å². The SMILES string of the molecule is CN(Cc1ccco1)C[C@H]1CCC2(CN(C(=O)c3ccncn3)C2)OC1. The highest BCUT2D eigenvalue weighted by Gasteiger charge is 2.48. The Balaban J connectivity index is 1.23. The Morgan fingerprint density at radius 3 is 2.96 bits per heavy atom. The quantitative estimate of drug-likeness (QED) is 0.814. The first-order valence-electron chi connectivity index (χ1n) is 9.04. The summed E-state index contributed by atoms with van der Waals surface area (Å²) in [6.45, 7) is 3.86. The maximum Gasteiger partial charge on any atom is 0.272 e. The Bertz CT molecular complexity index is 719. The van der Waals surface area contributed by atoms with Crippen molar-refractivity contribution in [3.8, 4) is 0 Å². The largest absolute Gasteiger partial charge is 0.468 e. The minimum Gasteiger partial charge on any atom is -0.468 e. The topological polar surface area (TPSA) is 71.7 Å². The fourth-order valence-electron chi connectivity index (χ4n) is 3.86. The summed E-state index contributed by atoms with van der Waals surface area (Å²) in [5.41, 5.74) is 0.293. The zero-order chi connectivity index (χ0) is 18.0. The van der Waals surface area contributed by atoms with Crippen LogP contribution in [0.25, 0.3) is 0 Å². The number of likely N-dealkylation sites (tertiary alicyclic amines) is 1. The number of amides is 1. The van der Waals surface area contributed by atoms with Gasteiger partial charge in [-0.05, 0) is 44.0 Å². The molecule has 2 aromatic rings. The number of carbonyl (C=O) groups excluding carboxylic acids is 1. The van der Waals surface area contributed by atoms with E-state index in [1.807, 2.05) is 17.0 Å². The lowest BCUT2D eigenvalue weighted by atomic mass is 9.82. The van der Waals surface area contributed by atoms with E-state index in [9.17, 15) is 4.79 Å². The van der Waals surface area contributed by atoms with Crippen molar-refractivity contribution in [2.75, 3.05) is 33.3 Å². The van der Waals surface area contributed by atoms with Crippen LogP contribution in [0.15, 0.2) is 41.4 Å². The summed E-state index contributed by atoms with van der Waals surface area (Å²) in [6.07, 6.45) is 6.83. The molecule has 0 bridgehead atoms. The van der Waals surface area contributed by atoms with Gasteiger partial charge in [-0.3, -0.25) is 9.69 Å². The molecule has 4 rings (SSSR count). The van der Waals surface area contributed by atoms with Gasteiger partial charge in [0.1, 0.15) is 23.4 Å². The standard InChI is InChI=1S/C19H24N4O3/c1-22(10-16-3-2-8-25-16)9-15-4-6-19(26-11-15)12-23(13-19)18(24)17-5-7-20-14-21-17/h2-3,5,7-8,14-15H,4,6,9-13H2,1H3/t15-/m1/s1. The second kappa shape index (κ2) is 7.17. The van der Waals surface area contributed by atoms with Gasteiger partial charge >= 0.3 is 0 Å². The predicted octanol–water partition coefficient (Wildman–Crippen LogP) is 1.82. The highest BCUT2D eigenvalue weighted by molar-refractivity contribution is 5.92. The van der Waals surface area contributed by atoms with E-state index in [1.54, 1.807) is 18.5 Å². The number of furan rings is 1. The molecule has 0 aromatic carbocycles. The van der Waals surface area contributed by atoms with Crippen LogP contribution in [0.1, 0.15) is 29.1 Å². The third kappa shape index (κ3) is 3.64. The summed E-state index contributed by atoms with van der Waals surface area (Å²) in [5, 5.41) is 0.